The van der Waals surface area contributed by atoms with Gasteiger partial charge in [-0.05, 0) is 73.5 Å². The second-order valence-electron chi connectivity index (χ2n) is 8.79. The van der Waals surface area contributed by atoms with E-state index in [2.05, 4.69) is 15.9 Å². The molecule has 0 saturated heterocycles. The highest BCUT2D eigenvalue weighted by atomic mass is 79.9. The standard InChI is InChI=1S/C20H24BrCl2NO/c1-24(11-13-2-3-16(22)17(23)5-13)18(25)10-19-6-14-4-15(7-19)9-20(21,8-14)12-19/h2-3,5,14-15H,4,6-12H2,1H3. The largest absolute Gasteiger partial charge is 0.341 e. The van der Waals surface area contributed by atoms with E-state index >= 15 is 0 Å². The van der Waals surface area contributed by atoms with E-state index in [0.29, 0.717) is 27.3 Å². The van der Waals surface area contributed by atoms with Gasteiger partial charge in [0.1, 0.15) is 0 Å². The first-order chi connectivity index (χ1) is 11.8. The van der Waals surface area contributed by atoms with Gasteiger partial charge in [0, 0.05) is 24.3 Å². The van der Waals surface area contributed by atoms with E-state index in [1.165, 1.54) is 38.5 Å². The lowest BCUT2D eigenvalue weighted by Crippen LogP contribution is -2.54. The Morgan fingerprint density at radius 1 is 1.20 bits per heavy atom. The van der Waals surface area contributed by atoms with Crippen molar-refractivity contribution < 1.29 is 4.79 Å². The van der Waals surface area contributed by atoms with Gasteiger partial charge < -0.3 is 4.90 Å². The van der Waals surface area contributed by atoms with Gasteiger partial charge in [0.2, 0.25) is 5.91 Å². The molecule has 0 heterocycles. The van der Waals surface area contributed by atoms with Crippen LogP contribution in [0.5, 0.6) is 0 Å². The molecule has 4 aliphatic rings. The second-order valence-corrected chi connectivity index (χ2v) is 11.3. The Bertz CT molecular complexity index is 693. The normalized spacial score (nSPS) is 35.8. The Balaban J connectivity index is 1.44. The van der Waals surface area contributed by atoms with Crippen LogP contribution in [0.1, 0.15) is 50.5 Å². The van der Waals surface area contributed by atoms with Crippen LogP contribution in [0, 0.1) is 17.3 Å². The highest BCUT2D eigenvalue weighted by Crippen LogP contribution is 2.65. The number of rotatable bonds is 4. The van der Waals surface area contributed by atoms with Crippen molar-refractivity contribution >= 4 is 45.0 Å². The van der Waals surface area contributed by atoms with Gasteiger partial charge in [-0.1, -0.05) is 45.2 Å². The van der Waals surface area contributed by atoms with E-state index in [4.69, 9.17) is 23.2 Å². The molecule has 4 fully saturated rings. The molecule has 2 atom stereocenters. The first kappa shape index (κ1) is 18.1. The quantitative estimate of drug-likeness (QED) is 0.515. The first-order valence-electron chi connectivity index (χ1n) is 9.13. The molecule has 0 spiro atoms. The third-order valence-electron chi connectivity index (χ3n) is 6.47. The molecular weight excluding hydrogens is 421 g/mol. The zero-order valence-electron chi connectivity index (χ0n) is 14.5. The van der Waals surface area contributed by atoms with E-state index in [1.54, 1.807) is 6.07 Å². The zero-order valence-corrected chi connectivity index (χ0v) is 17.6. The zero-order chi connectivity index (χ0) is 17.8. The number of hydrogen-bond acceptors (Lipinski definition) is 1. The first-order valence-corrected chi connectivity index (χ1v) is 10.7. The minimum absolute atomic E-state index is 0.219. The molecule has 1 aromatic carbocycles. The third kappa shape index (κ3) is 3.61. The highest BCUT2D eigenvalue weighted by molar-refractivity contribution is 9.10. The molecule has 0 radical (unpaired) electrons. The lowest BCUT2D eigenvalue weighted by molar-refractivity contribution is -0.137. The van der Waals surface area contributed by atoms with E-state index < -0.39 is 0 Å². The SMILES string of the molecule is CN(Cc1ccc(Cl)c(Cl)c1)C(=O)CC12CC3CC(CC(Br)(C3)C1)C2. The molecule has 4 aliphatic carbocycles. The molecule has 0 aliphatic heterocycles. The summed E-state index contributed by atoms with van der Waals surface area (Å²) < 4.78 is 0.305. The monoisotopic (exact) mass is 443 g/mol. The van der Waals surface area contributed by atoms with Crippen molar-refractivity contribution in [2.24, 2.45) is 17.3 Å². The Morgan fingerprint density at radius 2 is 1.88 bits per heavy atom. The maximum atomic E-state index is 12.9. The third-order valence-corrected chi connectivity index (χ3v) is 8.13. The predicted molar refractivity (Wildman–Crippen MR) is 106 cm³/mol. The fourth-order valence-electron chi connectivity index (χ4n) is 6.00. The van der Waals surface area contributed by atoms with Gasteiger partial charge in [-0.3, -0.25) is 4.79 Å². The van der Waals surface area contributed by atoms with Gasteiger partial charge in [-0.2, -0.15) is 0 Å². The summed E-state index contributed by atoms with van der Waals surface area (Å²) in [6.07, 6.45) is 8.32. The van der Waals surface area contributed by atoms with Crippen molar-refractivity contribution in [3.63, 3.8) is 0 Å². The molecule has 0 aromatic heterocycles. The molecular formula is C20H24BrCl2NO. The molecule has 5 heteroatoms. The van der Waals surface area contributed by atoms with Crippen LogP contribution in [0.3, 0.4) is 0 Å². The number of alkyl halides is 1. The Labute approximate surface area is 168 Å². The summed E-state index contributed by atoms with van der Waals surface area (Å²) >= 11 is 16.1. The summed E-state index contributed by atoms with van der Waals surface area (Å²) in [5, 5.41) is 1.10. The van der Waals surface area contributed by atoms with E-state index in [9.17, 15) is 4.79 Å². The van der Waals surface area contributed by atoms with Gasteiger partial charge in [0.05, 0.1) is 10.0 Å². The fourth-order valence-corrected chi connectivity index (χ4v) is 7.83. The van der Waals surface area contributed by atoms with E-state index in [1.807, 2.05) is 24.1 Å². The maximum absolute atomic E-state index is 12.9. The molecule has 1 aromatic rings. The van der Waals surface area contributed by atoms with Crippen molar-refractivity contribution in [3.05, 3.63) is 33.8 Å². The lowest BCUT2D eigenvalue weighted by Gasteiger charge is -2.60. The van der Waals surface area contributed by atoms with Gasteiger partial charge in [0.25, 0.3) is 0 Å². The molecule has 1 amide bonds. The average Bonchev–Trinajstić information content (AvgIpc) is 2.48. The minimum Gasteiger partial charge on any atom is -0.341 e. The molecule has 5 rings (SSSR count). The number of amides is 1. The topological polar surface area (TPSA) is 20.3 Å². The Kier molecular flexibility index (Phi) is 4.66. The molecule has 25 heavy (non-hydrogen) atoms. The molecule has 136 valence electrons. The smallest absolute Gasteiger partial charge is 0.223 e. The number of hydrogen-bond donors (Lipinski definition) is 0. The predicted octanol–water partition coefficient (Wildman–Crippen LogP) is 6.08. The summed E-state index contributed by atoms with van der Waals surface area (Å²) in [5.74, 6) is 1.88. The van der Waals surface area contributed by atoms with Crippen LogP contribution < -0.4 is 0 Å². The van der Waals surface area contributed by atoms with Crippen LogP contribution >= 0.6 is 39.1 Å². The van der Waals surface area contributed by atoms with Crippen LogP contribution in [-0.2, 0) is 11.3 Å². The molecule has 2 unspecified atom stereocenters. The fraction of sp³-hybridized carbons (Fsp3) is 0.650. The van der Waals surface area contributed by atoms with Gasteiger partial charge in [-0.25, -0.2) is 0 Å². The van der Waals surface area contributed by atoms with Gasteiger partial charge in [0.15, 0.2) is 0 Å². The minimum atomic E-state index is 0.219. The Hall–Kier alpha value is -0.250. The summed E-state index contributed by atoms with van der Waals surface area (Å²) in [4.78, 5) is 14.8. The van der Waals surface area contributed by atoms with Gasteiger partial charge >= 0.3 is 0 Å². The average molecular weight is 445 g/mol. The molecule has 4 saturated carbocycles. The molecule has 0 N–H and O–H groups in total. The van der Waals surface area contributed by atoms with E-state index in [-0.39, 0.29) is 11.3 Å². The highest BCUT2D eigenvalue weighted by Gasteiger charge is 2.57. The molecule has 2 nitrogen and oxygen atoms in total. The Morgan fingerprint density at radius 3 is 2.48 bits per heavy atom. The maximum Gasteiger partial charge on any atom is 0.223 e. The number of halogens is 3. The number of nitrogens with zero attached hydrogens (tertiary/aromatic N) is 1. The summed E-state index contributed by atoms with van der Waals surface area (Å²) in [5.41, 5.74) is 1.24. The summed E-state index contributed by atoms with van der Waals surface area (Å²) in [6, 6.07) is 5.59. The number of benzene rings is 1. The lowest BCUT2D eigenvalue weighted by atomic mass is 9.48. The van der Waals surface area contributed by atoms with E-state index in [0.717, 1.165) is 17.4 Å². The van der Waals surface area contributed by atoms with Crippen molar-refractivity contribution in [2.45, 2.75) is 55.8 Å². The van der Waals surface area contributed by atoms with Crippen molar-refractivity contribution in [2.75, 3.05) is 7.05 Å². The molecule has 4 bridgehead atoms. The summed E-state index contributed by atoms with van der Waals surface area (Å²) in [6.45, 7) is 0.581. The van der Waals surface area contributed by atoms with Crippen LogP contribution in [0.2, 0.25) is 10.0 Å². The van der Waals surface area contributed by atoms with Crippen LogP contribution in [0.4, 0.5) is 0 Å². The van der Waals surface area contributed by atoms with Crippen molar-refractivity contribution in [1.82, 2.24) is 4.90 Å². The summed E-state index contributed by atoms with van der Waals surface area (Å²) in [7, 11) is 1.90. The van der Waals surface area contributed by atoms with Crippen LogP contribution in [-0.4, -0.2) is 22.2 Å². The van der Waals surface area contributed by atoms with Crippen molar-refractivity contribution in [1.29, 1.82) is 0 Å². The van der Waals surface area contributed by atoms with Gasteiger partial charge in [-0.15, -0.1) is 0 Å². The van der Waals surface area contributed by atoms with Crippen molar-refractivity contribution in [3.8, 4) is 0 Å². The second kappa shape index (κ2) is 6.42. The number of carbonyl (C=O) groups excluding carboxylic acids is 1. The number of carbonyl (C=O) groups is 1. The van der Waals surface area contributed by atoms with Crippen LogP contribution in [0.25, 0.3) is 0 Å². The van der Waals surface area contributed by atoms with Crippen LogP contribution in [0.15, 0.2) is 18.2 Å².